The molecule has 1 aromatic rings. The van der Waals surface area contributed by atoms with Crippen LogP contribution in [0.15, 0.2) is 24.3 Å². The van der Waals surface area contributed by atoms with Gasteiger partial charge < -0.3 is 14.5 Å². The first-order valence-corrected chi connectivity index (χ1v) is 8.16. The lowest BCUT2D eigenvalue weighted by molar-refractivity contribution is -0.139. The Bertz CT molecular complexity index is 532. The fraction of sp³-hybridized carbons (Fsp3) is 0.556. The third-order valence-corrected chi connectivity index (χ3v) is 4.24. The van der Waals surface area contributed by atoms with E-state index in [2.05, 4.69) is 0 Å². The van der Waals surface area contributed by atoms with Crippen molar-refractivity contribution >= 4 is 11.8 Å². The monoisotopic (exact) mass is 318 g/mol. The molecule has 0 atom stereocenters. The Hall–Kier alpha value is -2.04. The van der Waals surface area contributed by atoms with E-state index in [0.717, 1.165) is 18.6 Å². The molecule has 0 bridgehead atoms. The van der Waals surface area contributed by atoms with Crippen LogP contribution < -0.4 is 4.74 Å². The summed E-state index contributed by atoms with van der Waals surface area (Å²) in [6, 6.07) is 7.81. The van der Waals surface area contributed by atoms with Gasteiger partial charge in [-0.15, -0.1) is 0 Å². The number of aryl methyl sites for hydroxylation is 1. The van der Waals surface area contributed by atoms with E-state index in [0.29, 0.717) is 26.1 Å². The molecule has 1 fully saturated rings. The van der Waals surface area contributed by atoms with Gasteiger partial charge in [0.15, 0.2) is 0 Å². The minimum atomic E-state index is 0.0536. The van der Waals surface area contributed by atoms with Crippen LogP contribution in [-0.2, 0) is 9.59 Å². The first-order chi connectivity index (χ1) is 11.0. The van der Waals surface area contributed by atoms with Crippen molar-refractivity contribution in [2.75, 3.05) is 33.8 Å². The topological polar surface area (TPSA) is 49.9 Å². The number of piperidine rings is 1. The molecule has 1 heterocycles. The van der Waals surface area contributed by atoms with Crippen molar-refractivity contribution in [2.45, 2.75) is 26.2 Å². The first kappa shape index (κ1) is 17.3. The molecule has 5 nitrogen and oxygen atoms in total. The summed E-state index contributed by atoms with van der Waals surface area (Å²) >= 11 is 0. The van der Waals surface area contributed by atoms with Crippen LogP contribution >= 0.6 is 0 Å². The van der Waals surface area contributed by atoms with Crippen LogP contribution in [0.4, 0.5) is 0 Å². The molecular weight excluding hydrogens is 292 g/mol. The van der Waals surface area contributed by atoms with Crippen LogP contribution in [0.5, 0.6) is 5.75 Å². The predicted molar refractivity (Wildman–Crippen MR) is 89.3 cm³/mol. The second-order valence-electron chi connectivity index (χ2n) is 6.30. The summed E-state index contributed by atoms with van der Waals surface area (Å²) in [5, 5.41) is 0. The minimum Gasteiger partial charge on any atom is -0.493 e. The Morgan fingerprint density at radius 2 is 1.78 bits per heavy atom. The summed E-state index contributed by atoms with van der Waals surface area (Å²) in [4.78, 5) is 27.6. The zero-order chi connectivity index (χ0) is 16.8. The smallest absolute Gasteiger partial charge is 0.225 e. The molecule has 0 aromatic heterocycles. The van der Waals surface area contributed by atoms with E-state index in [9.17, 15) is 9.59 Å². The van der Waals surface area contributed by atoms with Crippen molar-refractivity contribution in [2.24, 2.45) is 5.92 Å². The lowest BCUT2D eigenvalue weighted by atomic mass is 9.95. The second kappa shape index (κ2) is 7.99. The zero-order valence-corrected chi connectivity index (χ0v) is 14.2. The molecular formula is C18H26N2O3. The van der Waals surface area contributed by atoms with Gasteiger partial charge in [-0.25, -0.2) is 0 Å². The molecule has 0 N–H and O–H groups in total. The molecule has 23 heavy (non-hydrogen) atoms. The second-order valence-corrected chi connectivity index (χ2v) is 6.30. The number of amides is 2. The number of carbonyl (C=O) groups excluding carboxylic acids is 2. The first-order valence-electron chi connectivity index (χ1n) is 8.16. The summed E-state index contributed by atoms with van der Waals surface area (Å²) in [5.74, 6) is 1.12. The Labute approximate surface area is 138 Å². The molecule has 5 heteroatoms. The summed E-state index contributed by atoms with van der Waals surface area (Å²) in [7, 11) is 3.56. The number of benzene rings is 1. The Morgan fingerprint density at radius 3 is 2.35 bits per heavy atom. The highest BCUT2D eigenvalue weighted by atomic mass is 16.5. The third kappa shape index (κ3) is 4.98. The number of rotatable bonds is 5. The Morgan fingerprint density at radius 1 is 1.17 bits per heavy atom. The lowest BCUT2D eigenvalue weighted by Gasteiger charge is -2.32. The van der Waals surface area contributed by atoms with Gasteiger partial charge in [0.05, 0.1) is 13.0 Å². The Kier molecular flexibility index (Phi) is 6.02. The van der Waals surface area contributed by atoms with Crippen molar-refractivity contribution in [3.8, 4) is 5.75 Å². The largest absolute Gasteiger partial charge is 0.493 e. The number of carbonyl (C=O) groups is 2. The number of hydrogen-bond acceptors (Lipinski definition) is 3. The molecule has 1 aromatic carbocycles. The standard InChI is InChI=1S/C18H26N2O3/c1-14-4-6-16(7-5-14)23-13-10-17(21)20-11-8-15(9-12-20)18(22)19(2)3/h4-7,15H,8-13H2,1-3H3. The van der Waals surface area contributed by atoms with Gasteiger partial charge in [-0.05, 0) is 31.9 Å². The summed E-state index contributed by atoms with van der Waals surface area (Å²) < 4.78 is 5.60. The molecule has 1 aliphatic rings. The van der Waals surface area contributed by atoms with Gasteiger partial charge in [0.25, 0.3) is 0 Å². The van der Waals surface area contributed by atoms with Crippen molar-refractivity contribution in [3.63, 3.8) is 0 Å². The summed E-state index contributed by atoms with van der Waals surface area (Å²) in [6.07, 6.45) is 1.88. The molecule has 2 amide bonds. The molecule has 0 saturated carbocycles. The van der Waals surface area contributed by atoms with Gasteiger partial charge >= 0.3 is 0 Å². The molecule has 0 radical (unpaired) electrons. The van der Waals surface area contributed by atoms with Crippen molar-refractivity contribution in [1.29, 1.82) is 0 Å². The molecule has 0 aliphatic carbocycles. The van der Waals surface area contributed by atoms with E-state index in [4.69, 9.17) is 4.74 Å². The summed E-state index contributed by atoms with van der Waals surface area (Å²) in [5.41, 5.74) is 1.18. The normalized spacial score (nSPS) is 15.3. The van der Waals surface area contributed by atoms with Crippen molar-refractivity contribution in [1.82, 2.24) is 9.80 Å². The zero-order valence-electron chi connectivity index (χ0n) is 14.2. The molecule has 1 saturated heterocycles. The quantitative estimate of drug-likeness (QED) is 0.835. The number of nitrogens with zero attached hydrogens (tertiary/aromatic N) is 2. The maximum atomic E-state index is 12.2. The van der Waals surface area contributed by atoms with Gasteiger partial charge in [-0.2, -0.15) is 0 Å². The average Bonchev–Trinajstić information content (AvgIpc) is 2.56. The van der Waals surface area contributed by atoms with Gasteiger partial charge in [0, 0.05) is 33.1 Å². The maximum Gasteiger partial charge on any atom is 0.225 e. The maximum absolute atomic E-state index is 12.2. The summed E-state index contributed by atoms with van der Waals surface area (Å²) in [6.45, 7) is 3.73. The van der Waals surface area contributed by atoms with Crippen LogP contribution in [0.3, 0.4) is 0 Å². The van der Waals surface area contributed by atoms with Gasteiger partial charge in [-0.3, -0.25) is 9.59 Å². The highest BCUT2D eigenvalue weighted by molar-refractivity contribution is 5.79. The van der Waals surface area contributed by atoms with Gasteiger partial charge in [0.2, 0.25) is 11.8 Å². The fourth-order valence-electron chi connectivity index (χ4n) is 2.79. The Balaban J connectivity index is 1.71. The van der Waals surface area contributed by atoms with Gasteiger partial charge in [-0.1, -0.05) is 17.7 Å². The highest BCUT2D eigenvalue weighted by Gasteiger charge is 2.27. The fourth-order valence-corrected chi connectivity index (χ4v) is 2.79. The average molecular weight is 318 g/mol. The molecule has 2 rings (SSSR count). The van der Waals surface area contributed by atoms with E-state index < -0.39 is 0 Å². The van der Waals surface area contributed by atoms with E-state index in [-0.39, 0.29) is 17.7 Å². The highest BCUT2D eigenvalue weighted by Crippen LogP contribution is 2.19. The molecule has 1 aliphatic heterocycles. The predicted octanol–water partition coefficient (Wildman–Crippen LogP) is 2.09. The van der Waals surface area contributed by atoms with E-state index in [1.54, 1.807) is 19.0 Å². The van der Waals surface area contributed by atoms with Crippen LogP contribution in [0.25, 0.3) is 0 Å². The molecule has 126 valence electrons. The van der Waals surface area contributed by atoms with Gasteiger partial charge in [0.1, 0.15) is 5.75 Å². The number of hydrogen-bond donors (Lipinski definition) is 0. The van der Waals surface area contributed by atoms with E-state index in [1.165, 1.54) is 5.56 Å². The number of likely N-dealkylation sites (tertiary alicyclic amines) is 1. The molecule has 0 unspecified atom stereocenters. The van der Waals surface area contributed by atoms with Crippen LogP contribution in [0.2, 0.25) is 0 Å². The van der Waals surface area contributed by atoms with Crippen LogP contribution in [0.1, 0.15) is 24.8 Å². The third-order valence-electron chi connectivity index (χ3n) is 4.24. The SMILES string of the molecule is Cc1ccc(OCCC(=O)N2CCC(C(=O)N(C)C)CC2)cc1. The van der Waals surface area contributed by atoms with Crippen molar-refractivity contribution < 1.29 is 14.3 Å². The molecule has 0 spiro atoms. The van der Waals surface area contributed by atoms with E-state index >= 15 is 0 Å². The number of ether oxygens (including phenoxy) is 1. The van der Waals surface area contributed by atoms with Crippen molar-refractivity contribution in [3.05, 3.63) is 29.8 Å². The van der Waals surface area contributed by atoms with Crippen LogP contribution in [-0.4, -0.2) is 55.4 Å². The lowest BCUT2D eigenvalue weighted by Crippen LogP contribution is -2.43. The van der Waals surface area contributed by atoms with E-state index in [1.807, 2.05) is 36.1 Å². The van der Waals surface area contributed by atoms with Crippen LogP contribution in [0, 0.1) is 12.8 Å². The minimum absolute atomic E-state index is 0.0536.